The summed E-state index contributed by atoms with van der Waals surface area (Å²) in [6, 6.07) is 0. The van der Waals surface area contributed by atoms with Crippen molar-refractivity contribution in [3.63, 3.8) is 0 Å². The molecule has 68 valence electrons. The lowest BCUT2D eigenvalue weighted by atomic mass is 10.4. The lowest BCUT2D eigenvalue weighted by Gasteiger charge is -2.04. The van der Waals surface area contributed by atoms with E-state index in [9.17, 15) is 14.7 Å². The van der Waals surface area contributed by atoms with E-state index in [0.717, 1.165) is 7.11 Å². The molecule has 0 N–H and O–H groups in total. The van der Waals surface area contributed by atoms with Gasteiger partial charge in [-0.25, -0.2) is 4.79 Å². The van der Waals surface area contributed by atoms with Gasteiger partial charge < -0.3 is 19.5 Å². The van der Waals surface area contributed by atoms with Crippen LogP contribution in [0.15, 0.2) is 5.16 Å². The van der Waals surface area contributed by atoms with Gasteiger partial charge in [0.25, 0.3) is 0 Å². The van der Waals surface area contributed by atoms with Gasteiger partial charge in [-0.15, -0.1) is 0 Å². The van der Waals surface area contributed by atoms with Crippen LogP contribution < -0.4 is 5.11 Å². The standard InChI is InChI=1S/C6H9NO5/c1-3-12-6(10)4(5(8)9)7-11-2/h3H2,1-2H3,(H,8,9)/p-1/b7-4-. The van der Waals surface area contributed by atoms with Gasteiger partial charge in [0.1, 0.15) is 13.1 Å². The predicted octanol–water partition coefficient (Wildman–Crippen LogP) is -1.70. The molecule has 0 aromatic carbocycles. The SMILES string of the molecule is CCOC(=O)/C(=N\OC)C(=O)[O-]. The normalized spacial score (nSPS) is 10.7. The summed E-state index contributed by atoms with van der Waals surface area (Å²) in [5.74, 6) is -2.80. The maximum atomic E-state index is 10.7. The molecule has 0 spiro atoms. The molecule has 0 atom stereocenters. The van der Waals surface area contributed by atoms with Crippen LogP contribution in [-0.2, 0) is 19.2 Å². The first-order valence-corrected chi connectivity index (χ1v) is 3.13. The van der Waals surface area contributed by atoms with Gasteiger partial charge in [-0.1, -0.05) is 5.16 Å². The first kappa shape index (κ1) is 10.4. The summed E-state index contributed by atoms with van der Waals surface area (Å²) in [6.07, 6.45) is 0. The number of rotatable bonds is 4. The summed E-state index contributed by atoms with van der Waals surface area (Å²) in [5, 5.41) is 13.1. The number of oxime groups is 1. The third-order valence-corrected chi connectivity index (χ3v) is 0.845. The van der Waals surface area contributed by atoms with E-state index >= 15 is 0 Å². The summed E-state index contributed by atoms with van der Waals surface area (Å²) in [4.78, 5) is 25.0. The van der Waals surface area contributed by atoms with Crippen LogP contribution in [0.3, 0.4) is 0 Å². The number of nitrogens with zero attached hydrogens (tertiary/aromatic N) is 1. The van der Waals surface area contributed by atoms with Crippen LogP contribution in [0.1, 0.15) is 6.92 Å². The second-order valence-electron chi connectivity index (χ2n) is 1.63. The Hall–Kier alpha value is -1.59. The van der Waals surface area contributed by atoms with Crippen LogP contribution >= 0.6 is 0 Å². The van der Waals surface area contributed by atoms with Crippen LogP contribution in [0.5, 0.6) is 0 Å². The third-order valence-electron chi connectivity index (χ3n) is 0.845. The molecule has 6 nitrogen and oxygen atoms in total. The Kier molecular flexibility index (Phi) is 4.43. The van der Waals surface area contributed by atoms with Gasteiger partial charge >= 0.3 is 5.97 Å². The zero-order valence-corrected chi connectivity index (χ0v) is 6.70. The van der Waals surface area contributed by atoms with E-state index in [1.807, 2.05) is 0 Å². The molecule has 0 heterocycles. The zero-order chi connectivity index (χ0) is 9.56. The highest BCUT2D eigenvalue weighted by Gasteiger charge is 2.14. The highest BCUT2D eigenvalue weighted by molar-refractivity contribution is 6.61. The fourth-order valence-electron chi connectivity index (χ4n) is 0.449. The maximum absolute atomic E-state index is 10.7. The first-order valence-electron chi connectivity index (χ1n) is 3.13. The average molecular weight is 174 g/mol. The molecule has 0 aliphatic carbocycles. The molecular formula is C6H8NO5-. The van der Waals surface area contributed by atoms with Gasteiger partial charge in [0.05, 0.1) is 6.61 Å². The Morgan fingerprint density at radius 3 is 2.42 bits per heavy atom. The van der Waals surface area contributed by atoms with Gasteiger partial charge in [0.2, 0.25) is 5.71 Å². The van der Waals surface area contributed by atoms with Gasteiger partial charge in [-0.3, -0.25) is 0 Å². The molecule has 0 aliphatic rings. The van der Waals surface area contributed by atoms with Gasteiger partial charge in [-0.05, 0) is 6.92 Å². The molecule has 6 heteroatoms. The summed E-state index contributed by atoms with van der Waals surface area (Å²) in [6.45, 7) is 1.60. The number of aliphatic carboxylic acids is 1. The zero-order valence-electron chi connectivity index (χ0n) is 6.70. The van der Waals surface area contributed by atoms with Crippen LogP contribution in [0, 0.1) is 0 Å². The van der Waals surface area contributed by atoms with Crippen molar-refractivity contribution in [3.05, 3.63) is 0 Å². The number of carbonyl (C=O) groups is 2. The number of carboxylic acids is 1. The minimum absolute atomic E-state index is 0.0643. The Balaban J connectivity index is 4.41. The van der Waals surface area contributed by atoms with Crippen molar-refractivity contribution < 1.29 is 24.3 Å². The molecule has 0 fully saturated rings. The molecule has 0 unspecified atom stereocenters. The topological polar surface area (TPSA) is 88.0 Å². The average Bonchev–Trinajstić information content (AvgIpc) is 1.99. The summed E-state index contributed by atoms with van der Waals surface area (Å²) < 4.78 is 4.35. The molecule has 0 aromatic rings. The summed E-state index contributed by atoms with van der Waals surface area (Å²) in [5.41, 5.74) is -0.876. The third kappa shape index (κ3) is 3.00. The predicted molar refractivity (Wildman–Crippen MR) is 36.1 cm³/mol. The van der Waals surface area contributed by atoms with E-state index in [1.54, 1.807) is 0 Å². The molecule has 0 saturated heterocycles. The van der Waals surface area contributed by atoms with Crippen molar-refractivity contribution in [2.45, 2.75) is 6.92 Å². The minimum Gasteiger partial charge on any atom is -0.543 e. The number of hydrogen-bond donors (Lipinski definition) is 0. The largest absolute Gasteiger partial charge is 0.543 e. The fraction of sp³-hybridized carbons (Fsp3) is 0.500. The van der Waals surface area contributed by atoms with Crippen molar-refractivity contribution in [1.29, 1.82) is 0 Å². The van der Waals surface area contributed by atoms with Crippen molar-refractivity contribution in [2.75, 3.05) is 13.7 Å². The van der Waals surface area contributed by atoms with E-state index in [0.29, 0.717) is 0 Å². The van der Waals surface area contributed by atoms with Crippen LogP contribution in [0.25, 0.3) is 0 Å². The monoisotopic (exact) mass is 174 g/mol. The highest BCUT2D eigenvalue weighted by atomic mass is 16.6. The molecule has 0 saturated carbocycles. The van der Waals surface area contributed by atoms with Crippen LogP contribution in [0.4, 0.5) is 0 Å². The molecule has 0 bridgehead atoms. The Labute approximate surface area is 68.8 Å². The quantitative estimate of drug-likeness (QED) is 0.219. The highest BCUT2D eigenvalue weighted by Crippen LogP contribution is 1.85. The van der Waals surface area contributed by atoms with Crippen molar-refractivity contribution in [2.24, 2.45) is 5.16 Å². The molecule has 12 heavy (non-hydrogen) atoms. The summed E-state index contributed by atoms with van der Waals surface area (Å²) in [7, 11) is 1.11. The number of ether oxygens (including phenoxy) is 1. The number of hydrogen-bond acceptors (Lipinski definition) is 6. The molecule has 0 amide bonds. The first-order chi connectivity index (χ1) is 5.63. The second-order valence-corrected chi connectivity index (χ2v) is 1.63. The molecular weight excluding hydrogens is 166 g/mol. The Morgan fingerprint density at radius 2 is 2.08 bits per heavy atom. The van der Waals surface area contributed by atoms with E-state index in [2.05, 4.69) is 14.7 Å². The fourth-order valence-corrected chi connectivity index (χ4v) is 0.449. The van der Waals surface area contributed by atoms with E-state index in [4.69, 9.17) is 0 Å². The second kappa shape index (κ2) is 5.11. The molecule has 0 rings (SSSR count). The van der Waals surface area contributed by atoms with E-state index in [1.165, 1.54) is 6.92 Å². The number of carboxylic acid groups (broad SMARTS) is 1. The molecule has 0 aromatic heterocycles. The summed E-state index contributed by atoms with van der Waals surface area (Å²) >= 11 is 0. The van der Waals surface area contributed by atoms with Crippen molar-refractivity contribution in [1.82, 2.24) is 0 Å². The lowest BCUT2D eigenvalue weighted by Crippen LogP contribution is -2.38. The van der Waals surface area contributed by atoms with E-state index in [-0.39, 0.29) is 6.61 Å². The number of carbonyl (C=O) groups excluding carboxylic acids is 2. The van der Waals surface area contributed by atoms with E-state index < -0.39 is 17.7 Å². The van der Waals surface area contributed by atoms with Gasteiger partial charge in [-0.2, -0.15) is 0 Å². The Bertz CT molecular complexity index is 210. The van der Waals surface area contributed by atoms with Gasteiger partial charge in [0.15, 0.2) is 0 Å². The van der Waals surface area contributed by atoms with Gasteiger partial charge in [0, 0.05) is 0 Å². The maximum Gasteiger partial charge on any atom is 0.362 e. The minimum atomic E-state index is -1.73. The molecule has 0 aliphatic heterocycles. The molecule has 0 radical (unpaired) electrons. The van der Waals surface area contributed by atoms with Crippen molar-refractivity contribution in [3.8, 4) is 0 Å². The van der Waals surface area contributed by atoms with Crippen LogP contribution in [0.2, 0.25) is 0 Å². The Morgan fingerprint density at radius 1 is 1.50 bits per heavy atom. The van der Waals surface area contributed by atoms with Crippen LogP contribution in [-0.4, -0.2) is 31.4 Å². The van der Waals surface area contributed by atoms with Crippen molar-refractivity contribution >= 4 is 17.7 Å². The smallest absolute Gasteiger partial charge is 0.362 e. The lowest BCUT2D eigenvalue weighted by molar-refractivity contribution is -0.294. The number of esters is 1.